The Bertz CT molecular complexity index is 1650. The molecule has 37 heavy (non-hydrogen) atoms. The molecule has 12 heteroatoms. The molecule has 0 fully saturated rings. The van der Waals surface area contributed by atoms with Gasteiger partial charge >= 0.3 is 0 Å². The number of nitrogens with zero attached hydrogens (tertiary/aromatic N) is 5. The second kappa shape index (κ2) is 10.1. The molecule has 0 radical (unpaired) electrons. The molecule has 0 spiro atoms. The van der Waals surface area contributed by atoms with E-state index in [-0.39, 0.29) is 28.9 Å². The van der Waals surface area contributed by atoms with E-state index in [0.717, 1.165) is 0 Å². The monoisotopic (exact) mass is 518 g/mol. The van der Waals surface area contributed by atoms with E-state index in [1.54, 1.807) is 53.2 Å². The van der Waals surface area contributed by atoms with Gasteiger partial charge in [0.1, 0.15) is 35.0 Å². The van der Waals surface area contributed by atoms with Gasteiger partial charge < -0.3 is 9.84 Å². The first kappa shape index (κ1) is 24.0. The number of benzene rings is 2. The van der Waals surface area contributed by atoms with E-state index < -0.39 is 21.5 Å². The SMILES string of the molecule is O=C(CS(=O)(=O)c1ccccc1)Nc1ccnc(-c2cc(-c3ccon3)n(Cc3ccccc3F)n2)n1. The molecule has 0 saturated carbocycles. The molecule has 0 atom stereocenters. The Labute approximate surface area is 210 Å². The van der Waals surface area contributed by atoms with E-state index in [1.165, 1.54) is 36.7 Å². The zero-order chi connectivity index (χ0) is 25.8. The first-order valence-corrected chi connectivity index (χ1v) is 12.7. The summed E-state index contributed by atoms with van der Waals surface area (Å²) in [5.74, 6) is -1.60. The second-order valence-corrected chi connectivity index (χ2v) is 9.92. The number of halogens is 1. The van der Waals surface area contributed by atoms with Crippen molar-refractivity contribution in [3.63, 3.8) is 0 Å². The van der Waals surface area contributed by atoms with Crippen molar-refractivity contribution in [3.05, 3.63) is 96.6 Å². The van der Waals surface area contributed by atoms with Gasteiger partial charge in [-0.25, -0.2) is 22.8 Å². The minimum Gasteiger partial charge on any atom is -0.364 e. The zero-order valence-corrected chi connectivity index (χ0v) is 20.0. The van der Waals surface area contributed by atoms with Gasteiger partial charge in [0.15, 0.2) is 15.7 Å². The van der Waals surface area contributed by atoms with Gasteiger partial charge in [-0.1, -0.05) is 41.6 Å². The highest BCUT2D eigenvalue weighted by Gasteiger charge is 2.21. The number of sulfone groups is 1. The lowest BCUT2D eigenvalue weighted by atomic mass is 10.2. The van der Waals surface area contributed by atoms with Crippen LogP contribution in [0, 0.1) is 5.82 Å². The van der Waals surface area contributed by atoms with E-state index in [1.807, 2.05) is 0 Å². The van der Waals surface area contributed by atoms with Gasteiger partial charge in [0.25, 0.3) is 0 Å². The number of aromatic nitrogens is 5. The predicted octanol–water partition coefficient (Wildman–Crippen LogP) is 3.59. The minimum atomic E-state index is -3.82. The molecular weight excluding hydrogens is 499 g/mol. The van der Waals surface area contributed by atoms with Crippen LogP contribution in [0.4, 0.5) is 10.2 Å². The van der Waals surface area contributed by atoms with Gasteiger partial charge in [-0.15, -0.1) is 0 Å². The molecule has 10 nitrogen and oxygen atoms in total. The fraction of sp³-hybridized carbons (Fsp3) is 0.0800. The molecule has 5 rings (SSSR count). The Balaban J connectivity index is 1.40. The van der Waals surface area contributed by atoms with Crippen LogP contribution in [0.1, 0.15) is 5.56 Å². The fourth-order valence-corrected chi connectivity index (χ4v) is 4.76. The molecule has 0 aliphatic heterocycles. The van der Waals surface area contributed by atoms with E-state index >= 15 is 0 Å². The van der Waals surface area contributed by atoms with Gasteiger partial charge in [-0.2, -0.15) is 5.10 Å². The number of anilines is 1. The number of amides is 1. The third-order valence-corrected chi connectivity index (χ3v) is 6.97. The molecule has 0 saturated heterocycles. The van der Waals surface area contributed by atoms with Crippen LogP contribution >= 0.6 is 0 Å². The summed E-state index contributed by atoms with van der Waals surface area (Å²) in [6, 6.07) is 18.8. The fourth-order valence-electron chi connectivity index (χ4n) is 3.60. The largest absolute Gasteiger partial charge is 0.364 e. The highest BCUT2D eigenvalue weighted by molar-refractivity contribution is 7.92. The normalized spacial score (nSPS) is 11.4. The number of nitrogens with one attached hydrogen (secondary N) is 1. The van der Waals surface area contributed by atoms with Crippen LogP contribution in [0.25, 0.3) is 22.9 Å². The van der Waals surface area contributed by atoms with Crippen LogP contribution in [0.3, 0.4) is 0 Å². The van der Waals surface area contributed by atoms with E-state index in [2.05, 4.69) is 25.5 Å². The summed E-state index contributed by atoms with van der Waals surface area (Å²) in [7, 11) is -3.82. The van der Waals surface area contributed by atoms with Crippen LogP contribution in [-0.4, -0.2) is 45.0 Å². The van der Waals surface area contributed by atoms with Crippen molar-refractivity contribution >= 4 is 21.6 Å². The van der Waals surface area contributed by atoms with Crippen LogP contribution in [0.15, 0.2) is 94.7 Å². The predicted molar refractivity (Wildman–Crippen MR) is 131 cm³/mol. The maximum Gasteiger partial charge on any atom is 0.241 e. The number of hydrogen-bond acceptors (Lipinski definition) is 8. The highest BCUT2D eigenvalue weighted by Crippen LogP contribution is 2.25. The number of carbonyl (C=O) groups excluding carboxylic acids is 1. The number of hydrogen-bond donors (Lipinski definition) is 1. The smallest absolute Gasteiger partial charge is 0.241 e. The van der Waals surface area contributed by atoms with Crippen LogP contribution in [0.5, 0.6) is 0 Å². The summed E-state index contributed by atoms with van der Waals surface area (Å²) in [5.41, 5.74) is 1.77. The topological polar surface area (TPSA) is 133 Å². The van der Waals surface area contributed by atoms with Crippen molar-refractivity contribution < 1.29 is 22.1 Å². The molecule has 186 valence electrons. The summed E-state index contributed by atoms with van der Waals surface area (Å²) < 4.78 is 45.8. The molecule has 0 aliphatic rings. The second-order valence-electron chi connectivity index (χ2n) is 7.93. The Morgan fingerprint density at radius 3 is 2.54 bits per heavy atom. The van der Waals surface area contributed by atoms with Crippen molar-refractivity contribution in [1.29, 1.82) is 0 Å². The van der Waals surface area contributed by atoms with Crippen LogP contribution < -0.4 is 5.32 Å². The van der Waals surface area contributed by atoms with E-state index in [4.69, 9.17) is 4.52 Å². The van der Waals surface area contributed by atoms with Crippen molar-refractivity contribution in [2.45, 2.75) is 11.4 Å². The molecule has 2 aromatic carbocycles. The maximum absolute atomic E-state index is 14.3. The van der Waals surface area contributed by atoms with Gasteiger partial charge in [0.2, 0.25) is 5.91 Å². The first-order valence-electron chi connectivity index (χ1n) is 11.0. The lowest BCUT2D eigenvalue weighted by molar-refractivity contribution is -0.113. The quantitative estimate of drug-likeness (QED) is 0.330. The van der Waals surface area contributed by atoms with Crippen molar-refractivity contribution in [2.24, 2.45) is 0 Å². The Morgan fingerprint density at radius 2 is 1.78 bits per heavy atom. The van der Waals surface area contributed by atoms with Gasteiger partial charge in [-0.05, 0) is 30.3 Å². The van der Waals surface area contributed by atoms with Gasteiger partial charge in [0.05, 0.1) is 17.1 Å². The number of carbonyl (C=O) groups is 1. The van der Waals surface area contributed by atoms with Crippen molar-refractivity contribution in [1.82, 2.24) is 24.9 Å². The Morgan fingerprint density at radius 1 is 1.00 bits per heavy atom. The summed E-state index contributed by atoms with van der Waals surface area (Å²) in [5, 5.41) is 11.0. The summed E-state index contributed by atoms with van der Waals surface area (Å²) >= 11 is 0. The lowest BCUT2D eigenvalue weighted by Gasteiger charge is -2.07. The standard InChI is InChI=1S/C25H19FN6O4S/c26-19-9-5-4-6-17(19)15-32-22(20-11-13-36-31-20)14-21(30-32)25-27-12-10-23(29-25)28-24(33)16-37(34,35)18-7-2-1-3-8-18/h1-14H,15-16H2,(H,27,28,29,33). The Hall–Kier alpha value is -4.71. The van der Waals surface area contributed by atoms with E-state index in [0.29, 0.717) is 22.6 Å². The molecular formula is C25H19FN6O4S. The van der Waals surface area contributed by atoms with Gasteiger partial charge in [0, 0.05) is 17.8 Å². The average molecular weight is 519 g/mol. The molecule has 0 aliphatic carbocycles. The summed E-state index contributed by atoms with van der Waals surface area (Å²) in [6.07, 6.45) is 2.82. The van der Waals surface area contributed by atoms with Crippen molar-refractivity contribution in [2.75, 3.05) is 11.1 Å². The molecule has 3 heterocycles. The third-order valence-electron chi connectivity index (χ3n) is 5.33. The van der Waals surface area contributed by atoms with Crippen LogP contribution in [0.2, 0.25) is 0 Å². The highest BCUT2D eigenvalue weighted by atomic mass is 32.2. The average Bonchev–Trinajstić information content (AvgIpc) is 3.56. The molecule has 1 amide bonds. The molecule has 1 N–H and O–H groups in total. The summed E-state index contributed by atoms with van der Waals surface area (Å²) in [4.78, 5) is 21.1. The molecule has 0 bridgehead atoms. The zero-order valence-electron chi connectivity index (χ0n) is 19.2. The first-order chi connectivity index (χ1) is 17.9. The maximum atomic E-state index is 14.3. The van der Waals surface area contributed by atoms with E-state index in [9.17, 15) is 17.6 Å². The summed E-state index contributed by atoms with van der Waals surface area (Å²) in [6.45, 7) is 0.114. The lowest BCUT2D eigenvalue weighted by Crippen LogP contribution is -2.23. The molecule has 0 unspecified atom stereocenters. The minimum absolute atomic E-state index is 0.0503. The van der Waals surface area contributed by atoms with Crippen molar-refractivity contribution in [3.8, 4) is 22.9 Å². The molecule has 3 aromatic heterocycles. The number of rotatable bonds is 8. The third kappa shape index (κ3) is 5.43. The Kier molecular flexibility index (Phi) is 6.56. The van der Waals surface area contributed by atoms with Crippen LogP contribution in [-0.2, 0) is 21.2 Å². The molecule has 5 aromatic rings. The van der Waals surface area contributed by atoms with Gasteiger partial charge in [-0.3, -0.25) is 9.48 Å².